The summed E-state index contributed by atoms with van der Waals surface area (Å²) >= 11 is 0. The normalized spacial score (nSPS) is 9.31. The number of rotatable bonds is 1. The van der Waals surface area contributed by atoms with Gasteiger partial charge in [0.2, 0.25) is 0 Å². The van der Waals surface area contributed by atoms with Crippen molar-refractivity contribution in [2.75, 3.05) is 0 Å². The number of nitrogens with one attached hydrogen (secondary N) is 1. The molecule has 1 aromatic heterocycles. The minimum atomic E-state index is 0. The van der Waals surface area contributed by atoms with Crippen molar-refractivity contribution in [2.45, 2.75) is 6.92 Å². The fraction of sp³-hybridized carbons (Fsp3) is 0.111. The van der Waals surface area contributed by atoms with Crippen molar-refractivity contribution in [3.05, 3.63) is 36.2 Å². The highest BCUT2D eigenvalue weighted by molar-refractivity contribution is 5.85. The molecular formula is C9H10ClN3. The van der Waals surface area contributed by atoms with Gasteiger partial charge in [0.25, 0.3) is 0 Å². The van der Waals surface area contributed by atoms with Gasteiger partial charge in [0.15, 0.2) is 5.82 Å². The molecule has 0 spiro atoms. The lowest BCUT2D eigenvalue weighted by Crippen LogP contribution is -1.78. The Balaban J connectivity index is 0.000000845. The summed E-state index contributed by atoms with van der Waals surface area (Å²) in [5.74, 6) is 1.60. The van der Waals surface area contributed by atoms with Crippen molar-refractivity contribution < 1.29 is 0 Å². The van der Waals surface area contributed by atoms with Gasteiger partial charge in [0.05, 0.1) is 0 Å². The van der Waals surface area contributed by atoms with Gasteiger partial charge in [-0.25, -0.2) is 4.98 Å². The lowest BCUT2D eigenvalue weighted by Gasteiger charge is -1.90. The van der Waals surface area contributed by atoms with Gasteiger partial charge in [-0.15, -0.1) is 12.4 Å². The summed E-state index contributed by atoms with van der Waals surface area (Å²) in [6, 6.07) is 9.90. The van der Waals surface area contributed by atoms with Crippen LogP contribution in [0.3, 0.4) is 0 Å². The van der Waals surface area contributed by atoms with E-state index >= 15 is 0 Å². The SMILES string of the molecule is Cc1nc(-c2ccccc2)n[nH]1.Cl. The van der Waals surface area contributed by atoms with E-state index in [1.54, 1.807) is 0 Å². The zero-order chi connectivity index (χ0) is 8.39. The lowest BCUT2D eigenvalue weighted by molar-refractivity contribution is 1.04. The molecule has 1 aromatic carbocycles. The fourth-order valence-electron chi connectivity index (χ4n) is 1.06. The Bertz CT molecular complexity index is 369. The van der Waals surface area contributed by atoms with Gasteiger partial charge in [-0.1, -0.05) is 30.3 Å². The summed E-state index contributed by atoms with van der Waals surface area (Å²) in [6.45, 7) is 1.89. The molecule has 2 aromatic rings. The van der Waals surface area contributed by atoms with E-state index in [9.17, 15) is 0 Å². The Kier molecular flexibility index (Phi) is 3.03. The molecule has 13 heavy (non-hydrogen) atoms. The van der Waals surface area contributed by atoms with Crippen molar-refractivity contribution in [3.63, 3.8) is 0 Å². The number of hydrogen-bond donors (Lipinski definition) is 1. The molecule has 0 bridgehead atoms. The molecule has 0 aliphatic rings. The minimum absolute atomic E-state index is 0. The first-order valence-electron chi connectivity index (χ1n) is 3.81. The van der Waals surface area contributed by atoms with Crippen LogP contribution in [0.5, 0.6) is 0 Å². The summed E-state index contributed by atoms with van der Waals surface area (Å²) in [6.07, 6.45) is 0. The van der Waals surface area contributed by atoms with Gasteiger partial charge in [-0.3, -0.25) is 5.10 Å². The molecule has 0 atom stereocenters. The maximum absolute atomic E-state index is 4.21. The van der Waals surface area contributed by atoms with Crippen molar-refractivity contribution in [1.29, 1.82) is 0 Å². The van der Waals surface area contributed by atoms with Gasteiger partial charge >= 0.3 is 0 Å². The van der Waals surface area contributed by atoms with E-state index in [1.807, 2.05) is 37.3 Å². The Labute approximate surface area is 82.6 Å². The molecular weight excluding hydrogens is 186 g/mol. The van der Waals surface area contributed by atoms with E-state index in [0.717, 1.165) is 17.2 Å². The van der Waals surface area contributed by atoms with E-state index < -0.39 is 0 Å². The third kappa shape index (κ3) is 2.06. The number of halogens is 1. The summed E-state index contributed by atoms with van der Waals surface area (Å²) in [7, 11) is 0. The van der Waals surface area contributed by atoms with Crippen LogP contribution < -0.4 is 0 Å². The number of aryl methyl sites for hydroxylation is 1. The molecule has 0 aliphatic carbocycles. The van der Waals surface area contributed by atoms with Crippen LogP contribution in [0.15, 0.2) is 30.3 Å². The molecule has 1 N–H and O–H groups in total. The standard InChI is InChI=1S/C9H9N3.ClH/c1-7-10-9(12-11-7)8-5-3-2-4-6-8;/h2-6H,1H3,(H,10,11,12);1H. The van der Waals surface area contributed by atoms with Crippen LogP contribution >= 0.6 is 12.4 Å². The second-order valence-corrected chi connectivity index (χ2v) is 2.61. The van der Waals surface area contributed by atoms with Crippen molar-refractivity contribution in [2.24, 2.45) is 0 Å². The van der Waals surface area contributed by atoms with Gasteiger partial charge in [0, 0.05) is 5.56 Å². The highest BCUT2D eigenvalue weighted by Gasteiger charge is 2.00. The maximum atomic E-state index is 4.21. The van der Waals surface area contributed by atoms with Gasteiger partial charge in [0.1, 0.15) is 5.82 Å². The molecule has 0 fully saturated rings. The average molecular weight is 196 g/mol. The Morgan fingerprint density at radius 1 is 1.15 bits per heavy atom. The Morgan fingerprint density at radius 2 is 1.85 bits per heavy atom. The molecule has 2 rings (SSSR count). The topological polar surface area (TPSA) is 41.6 Å². The zero-order valence-electron chi connectivity index (χ0n) is 7.19. The second kappa shape index (κ2) is 4.05. The number of aromatic amines is 1. The quantitative estimate of drug-likeness (QED) is 0.758. The van der Waals surface area contributed by atoms with Gasteiger partial charge in [-0.05, 0) is 6.92 Å². The first kappa shape index (κ1) is 9.74. The van der Waals surface area contributed by atoms with E-state index in [2.05, 4.69) is 15.2 Å². The van der Waals surface area contributed by atoms with Crippen LogP contribution in [0.25, 0.3) is 11.4 Å². The first-order chi connectivity index (χ1) is 5.86. The highest BCUT2D eigenvalue weighted by Crippen LogP contribution is 2.12. The smallest absolute Gasteiger partial charge is 0.181 e. The van der Waals surface area contributed by atoms with Gasteiger partial charge in [-0.2, -0.15) is 5.10 Å². The molecule has 3 nitrogen and oxygen atoms in total. The third-order valence-corrected chi connectivity index (χ3v) is 1.63. The van der Waals surface area contributed by atoms with Crippen molar-refractivity contribution in [3.8, 4) is 11.4 Å². The van der Waals surface area contributed by atoms with Crippen LogP contribution in [0, 0.1) is 6.92 Å². The molecule has 1 heterocycles. The van der Waals surface area contributed by atoms with E-state index in [0.29, 0.717) is 0 Å². The van der Waals surface area contributed by atoms with Crippen LogP contribution in [-0.4, -0.2) is 15.2 Å². The second-order valence-electron chi connectivity index (χ2n) is 2.61. The number of nitrogens with zero attached hydrogens (tertiary/aromatic N) is 2. The molecule has 0 unspecified atom stereocenters. The average Bonchev–Trinajstić information content (AvgIpc) is 2.54. The predicted octanol–water partition coefficient (Wildman–Crippen LogP) is 2.20. The highest BCUT2D eigenvalue weighted by atomic mass is 35.5. The maximum Gasteiger partial charge on any atom is 0.181 e. The van der Waals surface area contributed by atoms with Crippen molar-refractivity contribution in [1.82, 2.24) is 15.2 Å². The van der Waals surface area contributed by atoms with Crippen molar-refractivity contribution >= 4 is 12.4 Å². The summed E-state index contributed by atoms with van der Waals surface area (Å²) in [4.78, 5) is 4.21. The largest absolute Gasteiger partial charge is 0.263 e. The number of hydrogen-bond acceptors (Lipinski definition) is 2. The molecule has 0 radical (unpaired) electrons. The van der Waals surface area contributed by atoms with E-state index in [4.69, 9.17) is 0 Å². The minimum Gasteiger partial charge on any atom is -0.263 e. The number of benzene rings is 1. The first-order valence-corrected chi connectivity index (χ1v) is 3.81. The Hall–Kier alpha value is -1.35. The summed E-state index contributed by atoms with van der Waals surface area (Å²) < 4.78 is 0. The summed E-state index contributed by atoms with van der Waals surface area (Å²) in [5, 5.41) is 6.86. The molecule has 0 saturated carbocycles. The summed E-state index contributed by atoms with van der Waals surface area (Å²) in [5.41, 5.74) is 1.04. The van der Waals surface area contributed by atoms with Crippen LogP contribution in [-0.2, 0) is 0 Å². The van der Waals surface area contributed by atoms with Crippen LogP contribution in [0.2, 0.25) is 0 Å². The predicted molar refractivity (Wildman–Crippen MR) is 53.8 cm³/mol. The lowest BCUT2D eigenvalue weighted by atomic mass is 10.2. The van der Waals surface area contributed by atoms with Crippen LogP contribution in [0.4, 0.5) is 0 Å². The Morgan fingerprint density at radius 3 is 2.38 bits per heavy atom. The molecule has 0 saturated heterocycles. The van der Waals surface area contributed by atoms with Crippen LogP contribution in [0.1, 0.15) is 5.82 Å². The zero-order valence-corrected chi connectivity index (χ0v) is 8.01. The molecule has 0 amide bonds. The number of aromatic nitrogens is 3. The monoisotopic (exact) mass is 195 g/mol. The number of H-pyrrole nitrogens is 1. The molecule has 4 heteroatoms. The molecule has 0 aliphatic heterocycles. The van der Waals surface area contributed by atoms with E-state index in [1.165, 1.54) is 0 Å². The fourth-order valence-corrected chi connectivity index (χ4v) is 1.06. The van der Waals surface area contributed by atoms with E-state index in [-0.39, 0.29) is 12.4 Å². The van der Waals surface area contributed by atoms with Gasteiger partial charge < -0.3 is 0 Å². The third-order valence-electron chi connectivity index (χ3n) is 1.63. The molecule has 68 valence electrons.